The first-order valence-electron chi connectivity index (χ1n) is 9.29. The van der Waals surface area contributed by atoms with Gasteiger partial charge in [-0.1, -0.05) is 12.8 Å². The summed E-state index contributed by atoms with van der Waals surface area (Å²) >= 11 is 0. The molecule has 9 nitrogen and oxygen atoms in total. The molecule has 10 heteroatoms. The molecule has 4 rings (SSSR count). The molecule has 0 N–H and O–H groups in total. The summed E-state index contributed by atoms with van der Waals surface area (Å²) in [5.41, 5.74) is 0.771. The van der Waals surface area contributed by atoms with Crippen molar-refractivity contribution in [1.29, 1.82) is 0 Å². The van der Waals surface area contributed by atoms with Crippen LogP contribution in [0.1, 0.15) is 31.7 Å². The van der Waals surface area contributed by atoms with Gasteiger partial charge in [0.2, 0.25) is 0 Å². The molecule has 2 amide bonds. The molecule has 0 aliphatic carbocycles. The van der Waals surface area contributed by atoms with Crippen molar-refractivity contribution in [1.82, 2.24) is 23.3 Å². The molecule has 0 aromatic carbocycles. The highest BCUT2D eigenvalue weighted by Gasteiger charge is 2.40. The van der Waals surface area contributed by atoms with E-state index in [1.165, 1.54) is 0 Å². The molecule has 1 aromatic rings. The van der Waals surface area contributed by atoms with E-state index in [1.54, 1.807) is 36.3 Å². The minimum atomic E-state index is -3.36. The van der Waals surface area contributed by atoms with Crippen LogP contribution in [-0.2, 0) is 10.2 Å². The van der Waals surface area contributed by atoms with Crippen molar-refractivity contribution in [3.63, 3.8) is 0 Å². The summed E-state index contributed by atoms with van der Waals surface area (Å²) in [5, 5.41) is 4.36. The molecule has 1 aromatic heterocycles. The van der Waals surface area contributed by atoms with Crippen LogP contribution in [0.4, 0.5) is 10.5 Å². The quantitative estimate of drug-likeness (QED) is 0.769. The zero-order valence-electron chi connectivity index (χ0n) is 15.1. The third kappa shape index (κ3) is 3.10. The minimum absolute atomic E-state index is 0.0245. The molecule has 0 bridgehead atoms. The minimum Gasteiger partial charge on any atom is -0.326 e. The third-order valence-electron chi connectivity index (χ3n) is 5.54. The average molecular weight is 382 g/mol. The summed E-state index contributed by atoms with van der Waals surface area (Å²) in [5.74, 6) is 0. The number of anilines is 1. The van der Waals surface area contributed by atoms with Gasteiger partial charge in [-0.05, 0) is 12.8 Å². The van der Waals surface area contributed by atoms with Crippen LogP contribution >= 0.6 is 0 Å². The van der Waals surface area contributed by atoms with E-state index >= 15 is 0 Å². The van der Waals surface area contributed by atoms with Crippen molar-refractivity contribution in [2.45, 2.75) is 31.7 Å². The Morgan fingerprint density at radius 1 is 1.00 bits per heavy atom. The molecule has 0 saturated carbocycles. The van der Waals surface area contributed by atoms with E-state index < -0.39 is 10.2 Å². The fraction of sp³-hybridized carbons (Fsp3) is 0.750. The Hall–Kier alpha value is -1.65. The SMILES string of the molecule is CN1CCN(c2cnn(C3CN(S(=O)(=O)N4CCCCCC4)C3)c2)C1=O. The van der Waals surface area contributed by atoms with Gasteiger partial charge < -0.3 is 4.90 Å². The lowest BCUT2D eigenvalue weighted by atomic mass is 10.2. The molecule has 0 spiro atoms. The molecule has 0 radical (unpaired) electrons. The van der Waals surface area contributed by atoms with Gasteiger partial charge >= 0.3 is 6.03 Å². The summed E-state index contributed by atoms with van der Waals surface area (Å²) in [6, 6.07) is 0.00413. The highest BCUT2D eigenvalue weighted by Crippen LogP contribution is 2.29. The third-order valence-corrected chi connectivity index (χ3v) is 7.50. The van der Waals surface area contributed by atoms with Gasteiger partial charge in [0.15, 0.2) is 0 Å². The summed E-state index contributed by atoms with van der Waals surface area (Å²) < 4.78 is 30.5. The summed E-state index contributed by atoms with van der Waals surface area (Å²) in [6.45, 7) is 3.48. The number of amides is 2. The van der Waals surface area contributed by atoms with Gasteiger partial charge in [-0.25, -0.2) is 4.79 Å². The van der Waals surface area contributed by atoms with E-state index in [0.717, 1.165) is 31.4 Å². The van der Waals surface area contributed by atoms with Gasteiger partial charge in [0.05, 0.1) is 17.9 Å². The normalized spacial score (nSPS) is 24.1. The van der Waals surface area contributed by atoms with Gasteiger partial charge in [0.1, 0.15) is 0 Å². The second-order valence-corrected chi connectivity index (χ2v) is 9.25. The molecule has 3 aliphatic rings. The number of nitrogens with zero attached hydrogens (tertiary/aromatic N) is 6. The lowest BCUT2D eigenvalue weighted by Crippen LogP contribution is -2.55. The number of carbonyl (C=O) groups excluding carboxylic acids is 1. The second kappa shape index (κ2) is 6.82. The maximum absolute atomic E-state index is 12.8. The van der Waals surface area contributed by atoms with E-state index in [9.17, 15) is 13.2 Å². The Labute approximate surface area is 154 Å². The molecule has 0 atom stereocenters. The van der Waals surface area contributed by atoms with Crippen LogP contribution in [0, 0.1) is 0 Å². The number of aromatic nitrogens is 2. The number of hydrogen-bond donors (Lipinski definition) is 0. The van der Waals surface area contributed by atoms with E-state index in [4.69, 9.17) is 0 Å². The topological polar surface area (TPSA) is 82.0 Å². The van der Waals surface area contributed by atoms with E-state index in [1.807, 2.05) is 6.20 Å². The zero-order valence-corrected chi connectivity index (χ0v) is 15.9. The Balaban J connectivity index is 1.38. The van der Waals surface area contributed by atoms with E-state index in [0.29, 0.717) is 39.3 Å². The zero-order chi connectivity index (χ0) is 18.3. The van der Waals surface area contributed by atoms with E-state index in [2.05, 4.69) is 5.10 Å². The monoisotopic (exact) mass is 382 g/mol. The van der Waals surface area contributed by atoms with Crippen LogP contribution in [0.5, 0.6) is 0 Å². The molecule has 4 heterocycles. The summed E-state index contributed by atoms with van der Waals surface area (Å²) in [4.78, 5) is 15.5. The molecule has 3 aliphatic heterocycles. The van der Waals surface area contributed by atoms with Crippen molar-refractivity contribution < 1.29 is 13.2 Å². The fourth-order valence-corrected chi connectivity index (χ4v) is 5.53. The van der Waals surface area contributed by atoms with Crippen LogP contribution in [-0.4, -0.2) is 84.1 Å². The van der Waals surface area contributed by atoms with Crippen molar-refractivity contribution >= 4 is 21.9 Å². The van der Waals surface area contributed by atoms with Crippen molar-refractivity contribution in [3.8, 4) is 0 Å². The first-order valence-corrected chi connectivity index (χ1v) is 10.7. The van der Waals surface area contributed by atoms with Crippen LogP contribution < -0.4 is 4.90 Å². The standard InChI is InChI=1S/C16H26N6O3S/c1-18-8-9-21(16(18)23)14-10-17-22(13-14)15-11-20(12-15)26(24,25)19-6-4-2-3-5-7-19/h10,13,15H,2-9,11-12H2,1H3. The average Bonchev–Trinajstić information content (AvgIpc) is 3.03. The van der Waals surface area contributed by atoms with Crippen molar-refractivity contribution in [2.24, 2.45) is 0 Å². The van der Waals surface area contributed by atoms with Crippen LogP contribution in [0.3, 0.4) is 0 Å². The molecule has 3 saturated heterocycles. The Bertz CT molecular complexity index is 765. The van der Waals surface area contributed by atoms with Gasteiger partial charge in [-0.3, -0.25) is 9.58 Å². The van der Waals surface area contributed by atoms with Crippen LogP contribution in [0.2, 0.25) is 0 Å². The Kier molecular flexibility index (Phi) is 4.66. The highest BCUT2D eigenvalue weighted by molar-refractivity contribution is 7.86. The number of likely N-dealkylation sites (N-methyl/N-ethyl adjacent to an activating group) is 1. The molecule has 0 unspecified atom stereocenters. The van der Waals surface area contributed by atoms with Crippen LogP contribution in [0.25, 0.3) is 0 Å². The summed E-state index contributed by atoms with van der Waals surface area (Å²) in [7, 11) is -1.58. The second-order valence-electron chi connectivity index (χ2n) is 7.33. The Morgan fingerprint density at radius 2 is 1.69 bits per heavy atom. The predicted octanol–water partition coefficient (Wildman–Crippen LogP) is 0.732. The number of urea groups is 1. The lowest BCUT2D eigenvalue weighted by Gasteiger charge is -2.40. The highest BCUT2D eigenvalue weighted by atomic mass is 32.2. The van der Waals surface area contributed by atoms with Crippen molar-refractivity contribution in [3.05, 3.63) is 12.4 Å². The summed E-state index contributed by atoms with van der Waals surface area (Å²) in [6.07, 6.45) is 7.62. The lowest BCUT2D eigenvalue weighted by molar-refractivity contribution is 0.178. The van der Waals surface area contributed by atoms with Gasteiger partial charge in [-0.15, -0.1) is 0 Å². The number of hydrogen-bond acceptors (Lipinski definition) is 4. The number of rotatable bonds is 4. The van der Waals surface area contributed by atoms with Gasteiger partial charge in [0.25, 0.3) is 10.2 Å². The first kappa shape index (κ1) is 17.7. The maximum Gasteiger partial charge on any atom is 0.324 e. The Morgan fingerprint density at radius 3 is 2.31 bits per heavy atom. The molecule has 144 valence electrons. The van der Waals surface area contributed by atoms with Gasteiger partial charge in [0, 0.05) is 52.5 Å². The number of carbonyl (C=O) groups is 1. The first-order chi connectivity index (χ1) is 12.5. The maximum atomic E-state index is 12.8. The molecular weight excluding hydrogens is 356 g/mol. The van der Waals surface area contributed by atoms with Crippen molar-refractivity contribution in [2.75, 3.05) is 51.2 Å². The largest absolute Gasteiger partial charge is 0.326 e. The van der Waals surface area contributed by atoms with Gasteiger partial charge in [-0.2, -0.15) is 22.1 Å². The smallest absolute Gasteiger partial charge is 0.324 e. The van der Waals surface area contributed by atoms with E-state index in [-0.39, 0.29) is 12.1 Å². The van der Waals surface area contributed by atoms with Crippen LogP contribution in [0.15, 0.2) is 12.4 Å². The molecule has 3 fully saturated rings. The fourth-order valence-electron chi connectivity index (χ4n) is 3.76. The molecule has 26 heavy (non-hydrogen) atoms. The predicted molar refractivity (Wildman–Crippen MR) is 97.2 cm³/mol. The molecular formula is C16H26N6O3S.